The van der Waals surface area contributed by atoms with Crippen molar-refractivity contribution >= 4 is 0 Å². The molecule has 2 heteroatoms. The van der Waals surface area contributed by atoms with Gasteiger partial charge in [0.25, 0.3) is 0 Å². The van der Waals surface area contributed by atoms with Gasteiger partial charge < -0.3 is 5.73 Å². The van der Waals surface area contributed by atoms with Gasteiger partial charge in [-0.25, -0.2) is 0 Å². The third kappa shape index (κ3) is 2.66. The molecular formula is C18H34N2. The predicted octanol–water partition coefficient (Wildman–Crippen LogP) is 3.94. The molecule has 1 heterocycles. The fourth-order valence-corrected chi connectivity index (χ4v) is 5.45. The van der Waals surface area contributed by atoms with Crippen molar-refractivity contribution in [2.45, 2.75) is 89.1 Å². The van der Waals surface area contributed by atoms with Crippen LogP contribution in [0.4, 0.5) is 0 Å². The number of hydrogen-bond donors (Lipinski definition) is 1. The molecule has 2 saturated carbocycles. The normalized spacial score (nSPS) is 40.5. The van der Waals surface area contributed by atoms with Crippen molar-refractivity contribution in [2.75, 3.05) is 13.1 Å². The lowest BCUT2D eigenvalue weighted by Crippen LogP contribution is -2.58. The minimum atomic E-state index is 0.370. The number of rotatable bonds is 4. The molecular weight excluding hydrogens is 244 g/mol. The number of nitrogens with two attached hydrogens (primary N) is 1. The smallest absolute Gasteiger partial charge is 0.0335 e. The summed E-state index contributed by atoms with van der Waals surface area (Å²) in [5, 5.41) is 0. The SMILES string of the molecule is CCC1CCC(CN)(N2CCCC2C2CCCC2)CC1. The summed E-state index contributed by atoms with van der Waals surface area (Å²) in [4.78, 5) is 2.91. The average Bonchev–Trinajstić information content (AvgIpc) is 3.17. The van der Waals surface area contributed by atoms with Crippen LogP contribution in [0.3, 0.4) is 0 Å². The van der Waals surface area contributed by atoms with E-state index in [0.717, 1.165) is 24.4 Å². The molecule has 2 N–H and O–H groups in total. The molecule has 20 heavy (non-hydrogen) atoms. The average molecular weight is 278 g/mol. The topological polar surface area (TPSA) is 29.3 Å². The van der Waals surface area contributed by atoms with Crippen molar-refractivity contribution in [3.8, 4) is 0 Å². The maximum atomic E-state index is 6.32. The van der Waals surface area contributed by atoms with Crippen LogP contribution in [0.25, 0.3) is 0 Å². The van der Waals surface area contributed by atoms with E-state index >= 15 is 0 Å². The fraction of sp³-hybridized carbons (Fsp3) is 1.00. The van der Waals surface area contributed by atoms with Crippen LogP contribution in [-0.2, 0) is 0 Å². The van der Waals surface area contributed by atoms with Crippen LogP contribution in [0.5, 0.6) is 0 Å². The van der Waals surface area contributed by atoms with Gasteiger partial charge in [0.15, 0.2) is 0 Å². The lowest BCUT2D eigenvalue weighted by molar-refractivity contribution is 0.0133. The maximum Gasteiger partial charge on any atom is 0.0335 e. The molecule has 0 aromatic heterocycles. The van der Waals surface area contributed by atoms with Crippen molar-refractivity contribution < 1.29 is 0 Å². The first-order chi connectivity index (χ1) is 9.79. The third-order valence-corrected chi connectivity index (χ3v) is 6.85. The Morgan fingerprint density at radius 2 is 1.70 bits per heavy atom. The van der Waals surface area contributed by atoms with Gasteiger partial charge in [0.2, 0.25) is 0 Å². The van der Waals surface area contributed by atoms with Gasteiger partial charge in [-0.05, 0) is 69.7 Å². The second-order valence-electron chi connectivity index (χ2n) is 7.73. The summed E-state index contributed by atoms with van der Waals surface area (Å²) >= 11 is 0. The molecule has 0 bridgehead atoms. The van der Waals surface area contributed by atoms with Crippen LogP contribution in [0.1, 0.15) is 77.6 Å². The van der Waals surface area contributed by atoms with E-state index in [4.69, 9.17) is 5.73 Å². The molecule has 0 aromatic carbocycles. The molecule has 0 radical (unpaired) electrons. The predicted molar refractivity (Wildman–Crippen MR) is 85.7 cm³/mol. The van der Waals surface area contributed by atoms with Crippen molar-refractivity contribution in [3.63, 3.8) is 0 Å². The van der Waals surface area contributed by atoms with Crippen molar-refractivity contribution in [1.29, 1.82) is 0 Å². The fourth-order valence-electron chi connectivity index (χ4n) is 5.45. The number of nitrogens with zero attached hydrogens (tertiary/aromatic N) is 1. The van der Waals surface area contributed by atoms with Crippen molar-refractivity contribution in [3.05, 3.63) is 0 Å². The first kappa shape index (κ1) is 14.8. The highest BCUT2D eigenvalue weighted by atomic mass is 15.3. The van der Waals surface area contributed by atoms with Crippen LogP contribution in [0, 0.1) is 11.8 Å². The van der Waals surface area contributed by atoms with Gasteiger partial charge in [-0.15, -0.1) is 0 Å². The summed E-state index contributed by atoms with van der Waals surface area (Å²) in [7, 11) is 0. The molecule has 1 aliphatic heterocycles. The van der Waals surface area contributed by atoms with Crippen LogP contribution in [-0.4, -0.2) is 29.6 Å². The largest absolute Gasteiger partial charge is 0.329 e. The Bertz CT molecular complexity index is 301. The van der Waals surface area contributed by atoms with Gasteiger partial charge in [-0.3, -0.25) is 4.90 Å². The number of hydrogen-bond acceptors (Lipinski definition) is 2. The molecule has 0 amide bonds. The Morgan fingerprint density at radius 1 is 1.00 bits per heavy atom. The van der Waals surface area contributed by atoms with Crippen molar-refractivity contribution in [2.24, 2.45) is 17.6 Å². The van der Waals surface area contributed by atoms with E-state index in [1.165, 1.54) is 77.2 Å². The second kappa shape index (κ2) is 6.36. The van der Waals surface area contributed by atoms with Crippen LogP contribution in [0.15, 0.2) is 0 Å². The quantitative estimate of drug-likeness (QED) is 0.844. The molecule has 3 fully saturated rings. The molecule has 2 aliphatic carbocycles. The minimum absolute atomic E-state index is 0.370. The highest BCUT2D eigenvalue weighted by Gasteiger charge is 2.45. The Morgan fingerprint density at radius 3 is 2.30 bits per heavy atom. The molecule has 0 spiro atoms. The highest BCUT2D eigenvalue weighted by molar-refractivity contribution is 5.02. The van der Waals surface area contributed by atoms with E-state index in [0.29, 0.717) is 5.54 Å². The summed E-state index contributed by atoms with van der Waals surface area (Å²) in [6.45, 7) is 4.58. The number of likely N-dealkylation sites (tertiary alicyclic amines) is 1. The van der Waals surface area contributed by atoms with Crippen LogP contribution in [0.2, 0.25) is 0 Å². The molecule has 1 unspecified atom stereocenters. The summed E-state index contributed by atoms with van der Waals surface area (Å²) in [6, 6.07) is 0.874. The second-order valence-corrected chi connectivity index (χ2v) is 7.73. The summed E-state index contributed by atoms with van der Waals surface area (Å²) < 4.78 is 0. The lowest BCUT2D eigenvalue weighted by Gasteiger charge is -2.49. The summed E-state index contributed by atoms with van der Waals surface area (Å²) in [6.07, 6.45) is 15.7. The first-order valence-corrected chi connectivity index (χ1v) is 9.26. The molecule has 0 aromatic rings. The summed E-state index contributed by atoms with van der Waals surface area (Å²) in [5.74, 6) is 1.96. The van der Waals surface area contributed by atoms with Crippen molar-refractivity contribution in [1.82, 2.24) is 4.90 Å². The Kier molecular flexibility index (Phi) is 4.72. The Labute approximate surface area is 125 Å². The van der Waals surface area contributed by atoms with E-state index in [-0.39, 0.29) is 0 Å². The zero-order chi connectivity index (χ0) is 14.0. The van der Waals surface area contributed by atoms with E-state index in [1.54, 1.807) is 0 Å². The molecule has 3 aliphatic rings. The molecule has 1 atom stereocenters. The maximum absolute atomic E-state index is 6.32. The minimum Gasteiger partial charge on any atom is -0.329 e. The van der Waals surface area contributed by atoms with E-state index in [2.05, 4.69) is 11.8 Å². The van der Waals surface area contributed by atoms with Gasteiger partial charge in [-0.2, -0.15) is 0 Å². The van der Waals surface area contributed by atoms with Gasteiger partial charge in [-0.1, -0.05) is 26.2 Å². The monoisotopic (exact) mass is 278 g/mol. The molecule has 2 nitrogen and oxygen atoms in total. The lowest BCUT2D eigenvalue weighted by atomic mass is 9.73. The Hall–Kier alpha value is -0.0800. The van der Waals surface area contributed by atoms with Gasteiger partial charge >= 0.3 is 0 Å². The standard InChI is InChI=1S/C18H34N2/c1-2-15-9-11-18(14-19,12-10-15)20-13-5-8-17(20)16-6-3-4-7-16/h15-17H,2-14,19H2,1H3. The van der Waals surface area contributed by atoms with E-state index in [9.17, 15) is 0 Å². The van der Waals surface area contributed by atoms with Gasteiger partial charge in [0.05, 0.1) is 0 Å². The molecule has 1 saturated heterocycles. The zero-order valence-corrected chi connectivity index (χ0v) is 13.4. The van der Waals surface area contributed by atoms with Crippen LogP contribution >= 0.6 is 0 Å². The van der Waals surface area contributed by atoms with E-state index < -0.39 is 0 Å². The van der Waals surface area contributed by atoms with Gasteiger partial charge in [0, 0.05) is 18.1 Å². The molecule has 3 rings (SSSR count). The molecule has 116 valence electrons. The highest BCUT2D eigenvalue weighted by Crippen LogP contribution is 2.44. The Balaban J connectivity index is 1.71. The van der Waals surface area contributed by atoms with Gasteiger partial charge in [0.1, 0.15) is 0 Å². The first-order valence-electron chi connectivity index (χ1n) is 9.26. The third-order valence-electron chi connectivity index (χ3n) is 6.85. The zero-order valence-electron chi connectivity index (χ0n) is 13.4. The van der Waals surface area contributed by atoms with Crippen LogP contribution < -0.4 is 5.73 Å². The summed E-state index contributed by atoms with van der Waals surface area (Å²) in [5.41, 5.74) is 6.69. The van der Waals surface area contributed by atoms with E-state index in [1.807, 2.05) is 0 Å².